The lowest BCUT2D eigenvalue weighted by atomic mass is 9.96. The first-order chi connectivity index (χ1) is 15.7. The van der Waals surface area contributed by atoms with Crippen molar-refractivity contribution in [1.29, 1.82) is 0 Å². The number of β-amino-alcohol motifs (C(OH)–C–C–N with tert-alkyl or cyclic N) is 1. The zero-order chi connectivity index (χ0) is 22.2. The fraction of sp³-hybridized carbons (Fsp3) is 0.615. The molecule has 2 aromatic rings. The SMILES string of the molecule is CCCCc1nnc(OCC2CCNCC2O)cc1-c1ccc(OC2CCCCC2)cc1.Cl.Cl. The number of hydrogen-bond donors (Lipinski definition) is 2. The fourth-order valence-electron chi connectivity index (χ4n) is 4.62. The predicted molar refractivity (Wildman–Crippen MR) is 141 cm³/mol. The highest BCUT2D eigenvalue weighted by Gasteiger charge is 2.24. The molecule has 2 N–H and O–H groups in total. The first-order valence-corrected chi connectivity index (χ1v) is 12.4. The zero-order valence-corrected chi connectivity index (χ0v) is 21.7. The molecule has 2 fully saturated rings. The lowest BCUT2D eigenvalue weighted by molar-refractivity contribution is 0.0512. The van der Waals surface area contributed by atoms with Gasteiger partial charge in [-0.25, -0.2) is 0 Å². The summed E-state index contributed by atoms with van der Waals surface area (Å²) >= 11 is 0. The van der Waals surface area contributed by atoms with Gasteiger partial charge in [0.1, 0.15) is 5.75 Å². The maximum Gasteiger partial charge on any atom is 0.234 e. The van der Waals surface area contributed by atoms with E-state index >= 15 is 0 Å². The summed E-state index contributed by atoms with van der Waals surface area (Å²) < 4.78 is 12.2. The van der Waals surface area contributed by atoms with E-state index in [1.807, 2.05) is 6.07 Å². The summed E-state index contributed by atoms with van der Waals surface area (Å²) in [4.78, 5) is 0. The van der Waals surface area contributed by atoms with Gasteiger partial charge in [-0.2, -0.15) is 5.10 Å². The Morgan fingerprint density at radius 1 is 1.03 bits per heavy atom. The molecule has 2 atom stereocenters. The molecule has 1 saturated heterocycles. The van der Waals surface area contributed by atoms with Gasteiger partial charge in [-0.05, 0) is 69.2 Å². The summed E-state index contributed by atoms with van der Waals surface area (Å²) in [5, 5.41) is 22.2. The van der Waals surface area contributed by atoms with Crippen LogP contribution in [0.25, 0.3) is 11.1 Å². The molecule has 34 heavy (non-hydrogen) atoms. The van der Waals surface area contributed by atoms with Gasteiger partial charge in [0.25, 0.3) is 0 Å². The molecule has 1 aliphatic carbocycles. The number of ether oxygens (including phenoxy) is 2. The third-order valence-electron chi connectivity index (χ3n) is 6.67. The van der Waals surface area contributed by atoms with Gasteiger partial charge in [0.15, 0.2) is 0 Å². The molecule has 2 aliphatic rings. The minimum Gasteiger partial charge on any atom is -0.490 e. The van der Waals surface area contributed by atoms with Crippen molar-refractivity contribution in [3.8, 4) is 22.8 Å². The number of nitrogens with one attached hydrogen (secondary N) is 1. The number of aromatic nitrogens is 2. The molecule has 6 nitrogen and oxygen atoms in total. The number of aryl methyl sites for hydroxylation is 1. The molecule has 1 aliphatic heterocycles. The molecule has 190 valence electrons. The zero-order valence-electron chi connectivity index (χ0n) is 20.1. The molecule has 0 bridgehead atoms. The molecule has 8 heteroatoms. The summed E-state index contributed by atoms with van der Waals surface area (Å²) in [6.45, 7) is 4.18. The van der Waals surface area contributed by atoms with E-state index in [1.54, 1.807) is 0 Å². The minimum atomic E-state index is -0.378. The summed E-state index contributed by atoms with van der Waals surface area (Å²) in [6.07, 6.45) is 10.1. The number of piperidine rings is 1. The molecule has 4 rings (SSSR count). The Balaban J connectivity index is 0.00000204. The first kappa shape index (κ1) is 28.6. The second kappa shape index (κ2) is 14.7. The molecule has 0 spiro atoms. The topological polar surface area (TPSA) is 76.5 Å². The molecular weight excluding hydrogens is 473 g/mol. The van der Waals surface area contributed by atoms with E-state index < -0.39 is 0 Å². The van der Waals surface area contributed by atoms with Crippen LogP contribution in [0, 0.1) is 5.92 Å². The van der Waals surface area contributed by atoms with Crippen LogP contribution in [0.4, 0.5) is 0 Å². The van der Waals surface area contributed by atoms with Crippen LogP contribution in [-0.4, -0.2) is 47.2 Å². The number of aliphatic hydroxyl groups excluding tert-OH is 1. The van der Waals surface area contributed by atoms with Crippen LogP contribution >= 0.6 is 24.8 Å². The van der Waals surface area contributed by atoms with E-state index in [0.717, 1.165) is 67.6 Å². The van der Waals surface area contributed by atoms with Crippen molar-refractivity contribution >= 4 is 24.8 Å². The predicted octanol–water partition coefficient (Wildman–Crippen LogP) is 5.39. The van der Waals surface area contributed by atoms with Gasteiger partial charge in [0.2, 0.25) is 5.88 Å². The van der Waals surface area contributed by atoms with E-state index in [4.69, 9.17) is 9.47 Å². The average molecular weight is 513 g/mol. The van der Waals surface area contributed by atoms with Gasteiger partial charge in [-0.15, -0.1) is 29.9 Å². The number of unbranched alkanes of at least 4 members (excludes halogenated alkanes) is 1. The van der Waals surface area contributed by atoms with Crippen LogP contribution < -0.4 is 14.8 Å². The first-order valence-electron chi connectivity index (χ1n) is 12.4. The largest absolute Gasteiger partial charge is 0.490 e. The maximum absolute atomic E-state index is 10.2. The summed E-state index contributed by atoms with van der Waals surface area (Å²) in [6, 6.07) is 10.4. The molecule has 0 amide bonds. The highest BCUT2D eigenvalue weighted by Crippen LogP contribution is 2.30. The molecule has 2 unspecified atom stereocenters. The van der Waals surface area contributed by atoms with Gasteiger partial charge in [0, 0.05) is 24.1 Å². The van der Waals surface area contributed by atoms with Crippen molar-refractivity contribution in [3.05, 3.63) is 36.0 Å². The Labute approximate surface area is 216 Å². The number of nitrogens with zero attached hydrogens (tertiary/aromatic N) is 2. The summed E-state index contributed by atoms with van der Waals surface area (Å²) in [5.41, 5.74) is 3.18. The second-order valence-corrected chi connectivity index (χ2v) is 9.18. The van der Waals surface area contributed by atoms with E-state index in [0.29, 0.717) is 25.1 Å². The van der Waals surface area contributed by atoms with Crippen molar-refractivity contribution in [3.63, 3.8) is 0 Å². The van der Waals surface area contributed by atoms with Crippen LogP contribution in [-0.2, 0) is 6.42 Å². The number of hydrogen-bond acceptors (Lipinski definition) is 6. The number of aliphatic hydroxyl groups is 1. The Morgan fingerprint density at radius 3 is 2.50 bits per heavy atom. The highest BCUT2D eigenvalue weighted by atomic mass is 35.5. The Hall–Kier alpha value is -1.60. The third kappa shape index (κ3) is 7.98. The van der Waals surface area contributed by atoms with Crippen molar-refractivity contribution in [1.82, 2.24) is 15.5 Å². The van der Waals surface area contributed by atoms with Gasteiger partial charge < -0.3 is 19.9 Å². The van der Waals surface area contributed by atoms with Crippen LogP contribution in [0.2, 0.25) is 0 Å². The van der Waals surface area contributed by atoms with Gasteiger partial charge in [0.05, 0.1) is 24.5 Å². The molecule has 2 heterocycles. The van der Waals surface area contributed by atoms with Gasteiger partial charge >= 0.3 is 0 Å². The normalized spacial score (nSPS) is 20.6. The smallest absolute Gasteiger partial charge is 0.234 e. The van der Waals surface area contributed by atoms with Crippen molar-refractivity contribution in [2.24, 2.45) is 5.92 Å². The van der Waals surface area contributed by atoms with Crippen molar-refractivity contribution < 1.29 is 14.6 Å². The molecule has 1 saturated carbocycles. The van der Waals surface area contributed by atoms with Crippen LogP contribution in [0.5, 0.6) is 11.6 Å². The molecule has 1 aromatic heterocycles. The van der Waals surface area contributed by atoms with Crippen molar-refractivity contribution in [2.75, 3.05) is 19.7 Å². The fourth-order valence-corrected chi connectivity index (χ4v) is 4.62. The number of rotatable bonds is 9. The van der Waals surface area contributed by atoms with E-state index in [1.165, 1.54) is 19.3 Å². The lowest BCUT2D eigenvalue weighted by Gasteiger charge is -2.27. The summed E-state index contributed by atoms with van der Waals surface area (Å²) in [5.74, 6) is 1.58. The maximum atomic E-state index is 10.2. The van der Waals surface area contributed by atoms with Crippen LogP contribution in [0.15, 0.2) is 30.3 Å². The number of halogens is 2. The number of benzene rings is 1. The molecule has 1 aromatic carbocycles. The van der Waals surface area contributed by atoms with Gasteiger partial charge in [-0.1, -0.05) is 31.9 Å². The summed E-state index contributed by atoms with van der Waals surface area (Å²) in [7, 11) is 0. The van der Waals surface area contributed by atoms with E-state index in [-0.39, 0.29) is 36.8 Å². The van der Waals surface area contributed by atoms with E-state index in [2.05, 4.69) is 46.7 Å². The van der Waals surface area contributed by atoms with E-state index in [9.17, 15) is 5.11 Å². The Bertz CT molecular complexity index is 848. The van der Waals surface area contributed by atoms with Crippen LogP contribution in [0.1, 0.15) is 64.0 Å². The quantitative estimate of drug-likeness (QED) is 0.469. The highest BCUT2D eigenvalue weighted by molar-refractivity contribution is 5.85. The average Bonchev–Trinajstić information content (AvgIpc) is 2.84. The van der Waals surface area contributed by atoms with Crippen LogP contribution in [0.3, 0.4) is 0 Å². The monoisotopic (exact) mass is 511 g/mol. The van der Waals surface area contributed by atoms with Crippen molar-refractivity contribution in [2.45, 2.75) is 76.9 Å². The Morgan fingerprint density at radius 2 is 1.79 bits per heavy atom. The van der Waals surface area contributed by atoms with Gasteiger partial charge in [-0.3, -0.25) is 0 Å². The lowest BCUT2D eigenvalue weighted by Crippen LogP contribution is -2.42. The Kier molecular flexibility index (Phi) is 12.4. The third-order valence-corrected chi connectivity index (χ3v) is 6.67. The molecular formula is C26H39Cl2N3O3. The minimum absolute atomic E-state index is 0. The molecule has 0 radical (unpaired) electrons. The standard InChI is InChI=1S/C26H37N3O3.2ClH/c1-2-3-9-24-23(16-26(29-28-24)31-18-20-14-15-27-17-25(20)30)19-10-12-22(13-11-19)32-21-7-5-4-6-8-21;;/h10-13,16,20-21,25,27,30H,2-9,14-15,17-18H2,1H3;2*1H. The second-order valence-electron chi connectivity index (χ2n) is 9.18.